The van der Waals surface area contributed by atoms with Crippen molar-refractivity contribution >= 4 is 16.2 Å². The van der Waals surface area contributed by atoms with Gasteiger partial charge in [0.2, 0.25) is 0 Å². The van der Waals surface area contributed by atoms with Crippen LogP contribution >= 0.6 is 0 Å². The molecule has 1 N–H and O–H groups in total. The van der Waals surface area contributed by atoms with Crippen LogP contribution in [0.25, 0.3) is 0 Å². The number of nitrogens with zero attached hydrogens (tertiary/aromatic N) is 1. The van der Waals surface area contributed by atoms with Gasteiger partial charge in [0.15, 0.2) is 0 Å². The van der Waals surface area contributed by atoms with Crippen molar-refractivity contribution in [1.29, 1.82) is 0 Å². The Kier molecular flexibility index (Phi) is 4.51. The molecule has 3 unspecified atom stereocenters. The summed E-state index contributed by atoms with van der Waals surface area (Å²) in [4.78, 5) is 13.4. The zero-order valence-corrected chi connectivity index (χ0v) is 13.4. The Hall–Kier alpha value is -0.860. The number of hydrogen-bond acceptors (Lipinski definition) is 5. The lowest BCUT2D eigenvalue weighted by Gasteiger charge is -2.24. The Bertz CT molecular complexity index is 491. The molecular formula is C13H23NO6S. The number of carbonyl (C=O) groups is 1. The van der Waals surface area contributed by atoms with Gasteiger partial charge in [-0.05, 0) is 33.6 Å². The first-order valence-corrected chi connectivity index (χ1v) is 8.64. The van der Waals surface area contributed by atoms with Crippen molar-refractivity contribution in [3.05, 3.63) is 0 Å². The van der Waals surface area contributed by atoms with Crippen LogP contribution < -0.4 is 0 Å². The van der Waals surface area contributed by atoms with Gasteiger partial charge in [-0.15, -0.1) is 0 Å². The highest BCUT2D eigenvalue weighted by Gasteiger charge is 2.47. The maximum atomic E-state index is 12.1. The third kappa shape index (κ3) is 4.08. The third-order valence-corrected chi connectivity index (χ3v) is 5.05. The van der Waals surface area contributed by atoms with Gasteiger partial charge in [0.25, 0.3) is 10.1 Å². The lowest BCUT2D eigenvalue weighted by Crippen LogP contribution is -2.36. The minimum atomic E-state index is -4.23. The maximum Gasteiger partial charge on any atom is 0.410 e. The fourth-order valence-electron chi connectivity index (χ4n) is 2.89. The molecule has 2 fully saturated rings. The largest absolute Gasteiger partial charge is 0.444 e. The molecule has 8 heteroatoms. The second-order valence-corrected chi connectivity index (χ2v) is 8.29. The van der Waals surface area contributed by atoms with Crippen molar-refractivity contribution in [1.82, 2.24) is 4.90 Å². The van der Waals surface area contributed by atoms with Gasteiger partial charge in [0.05, 0.1) is 6.10 Å². The van der Waals surface area contributed by atoms with E-state index in [1.807, 2.05) is 0 Å². The van der Waals surface area contributed by atoms with E-state index in [1.54, 1.807) is 20.8 Å². The van der Waals surface area contributed by atoms with Gasteiger partial charge in [0.1, 0.15) is 10.9 Å². The van der Waals surface area contributed by atoms with Gasteiger partial charge in [-0.3, -0.25) is 4.55 Å². The molecule has 7 nitrogen and oxygen atoms in total. The van der Waals surface area contributed by atoms with Crippen LogP contribution in [0.3, 0.4) is 0 Å². The Morgan fingerprint density at radius 1 is 1.33 bits per heavy atom. The predicted molar refractivity (Wildman–Crippen MR) is 75.6 cm³/mol. The minimum absolute atomic E-state index is 0.0573. The number of ether oxygens (including phenoxy) is 2. The molecule has 0 aromatic carbocycles. The number of likely N-dealkylation sites (tertiary alicyclic amines) is 1. The highest BCUT2D eigenvalue weighted by Crippen LogP contribution is 2.32. The van der Waals surface area contributed by atoms with E-state index in [1.165, 1.54) is 4.90 Å². The van der Waals surface area contributed by atoms with Crippen LogP contribution in [-0.4, -0.2) is 60.6 Å². The molecule has 0 spiro atoms. The van der Waals surface area contributed by atoms with E-state index in [2.05, 4.69) is 0 Å². The van der Waals surface area contributed by atoms with Gasteiger partial charge >= 0.3 is 6.09 Å². The van der Waals surface area contributed by atoms with Crippen molar-refractivity contribution in [2.45, 2.75) is 50.6 Å². The standard InChI is InChI=1S/C13H23NO6S/c1-13(2,3)20-12(15)14-7-9(10-5-4-6-19-10)11(8-14)21(16,17)18/h9-11H,4-8H2,1-3H3,(H,16,17,18). The molecule has 2 aliphatic rings. The Balaban J connectivity index is 2.12. The normalized spacial score (nSPS) is 30.7. The summed E-state index contributed by atoms with van der Waals surface area (Å²) in [6, 6.07) is 0. The lowest BCUT2D eigenvalue weighted by atomic mass is 9.99. The van der Waals surface area contributed by atoms with Gasteiger partial charge in [-0.1, -0.05) is 0 Å². The first-order valence-electron chi connectivity index (χ1n) is 7.14. The summed E-state index contributed by atoms with van der Waals surface area (Å²) in [5, 5.41) is -1.01. The Morgan fingerprint density at radius 2 is 2.00 bits per heavy atom. The first kappa shape index (κ1) is 16.5. The zero-order valence-electron chi connectivity index (χ0n) is 12.6. The quantitative estimate of drug-likeness (QED) is 0.770. The Labute approximate surface area is 125 Å². The second-order valence-electron chi connectivity index (χ2n) is 6.65. The van der Waals surface area contributed by atoms with E-state index in [0.717, 1.165) is 12.8 Å². The van der Waals surface area contributed by atoms with E-state index < -0.39 is 33.0 Å². The third-order valence-electron chi connectivity index (χ3n) is 3.79. The molecule has 122 valence electrons. The van der Waals surface area contributed by atoms with E-state index >= 15 is 0 Å². The number of carbonyl (C=O) groups excluding carboxylic acids is 1. The molecule has 2 heterocycles. The summed E-state index contributed by atoms with van der Waals surface area (Å²) in [7, 11) is -4.23. The molecule has 2 rings (SSSR count). The summed E-state index contributed by atoms with van der Waals surface area (Å²) in [5.74, 6) is -0.407. The van der Waals surface area contributed by atoms with E-state index in [-0.39, 0.29) is 19.2 Å². The molecule has 0 bridgehead atoms. The topological polar surface area (TPSA) is 93.1 Å². The molecule has 1 amide bonds. The molecular weight excluding hydrogens is 298 g/mol. The summed E-state index contributed by atoms with van der Waals surface area (Å²) in [6.45, 7) is 6.00. The van der Waals surface area contributed by atoms with Crippen LogP contribution in [0.5, 0.6) is 0 Å². The molecule has 0 aromatic rings. The highest BCUT2D eigenvalue weighted by atomic mass is 32.2. The van der Waals surface area contributed by atoms with Crippen LogP contribution in [0.1, 0.15) is 33.6 Å². The minimum Gasteiger partial charge on any atom is -0.444 e. The number of hydrogen-bond donors (Lipinski definition) is 1. The predicted octanol–water partition coefficient (Wildman–Crippen LogP) is 1.29. The van der Waals surface area contributed by atoms with Crippen LogP contribution in [0, 0.1) is 5.92 Å². The molecule has 3 atom stereocenters. The summed E-state index contributed by atoms with van der Waals surface area (Å²) >= 11 is 0. The van der Waals surface area contributed by atoms with Crippen LogP contribution in [0.15, 0.2) is 0 Å². The average molecular weight is 321 g/mol. The maximum absolute atomic E-state index is 12.1. The molecule has 2 saturated heterocycles. The van der Waals surface area contributed by atoms with Crippen molar-refractivity contribution in [3.63, 3.8) is 0 Å². The smallest absolute Gasteiger partial charge is 0.410 e. The highest BCUT2D eigenvalue weighted by molar-refractivity contribution is 7.86. The Morgan fingerprint density at radius 3 is 2.48 bits per heavy atom. The monoisotopic (exact) mass is 321 g/mol. The van der Waals surface area contributed by atoms with Gasteiger partial charge in [-0.25, -0.2) is 4.79 Å². The number of rotatable bonds is 2. The van der Waals surface area contributed by atoms with E-state index in [4.69, 9.17) is 9.47 Å². The van der Waals surface area contributed by atoms with E-state index in [0.29, 0.717) is 6.61 Å². The molecule has 21 heavy (non-hydrogen) atoms. The second kappa shape index (κ2) is 5.73. The van der Waals surface area contributed by atoms with Gasteiger partial charge in [-0.2, -0.15) is 8.42 Å². The van der Waals surface area contributed by atoms with Crippen molar-refractivity contribution < 1.29 is 27.2 Å². The average Bonchev–Trinajstić information content (AvgIpc) is 2.94. The first-order chi connectivity index (χ1) is 9.58. The lowest BCUT2D eigenvalue weighted by molar-refractivity contribution is 0.0251. The fraction of sp³-hybridized carbons (Fsp3) is 0.923. The van der Waals surface area contributed by atoms with Crippen molar-refractivity contribution in [2.24, 2.45) is 5.92 Å². The molecule has 0 aliphatic carbocycles. The van der Waals surface area contributed by atoms with Crippen LogP contribution in [0.4, 0.5) is 4.79 Å². The van der Waals surface area contributed by atoms with Crippen molar-refractivity contribution in [2.75, 3.05) is 19.7 Å². The molecule has 0 aromatic heterocycles. The fourth-order valence-corrected chi connectivity index (χ4v) is 3.96. The molecule has 0 saturated carbocycles. The van der Waals surface area contributed by atoms with Crippen LogP contribution in [-0.2, 0) is 19.6 Å². The number of amides is 1. The summed E-state index contributed by atoms with van der Waals surface area (Å²) in [5.41, 5.74) is -0.646. The SMILES string of the molecule is CC(C)(C)OC(=O)N1CC(C2CCCO2)C(S(=O)(=O)O)C1. The molecule has 2 aliphatic heterocycles. The van der Waals surface area contributed by atoms with E-state index in [9.17, 15) is 17.8 Å². The van der Waals surface area contributed by atoms with Gasteiger partial charge < -0.3 is 14.4 Å². The molecule has 0 radical (unpaired) electrons. The van der Waals surface area contributed by atoms with Crippen molar-refractivity contribution in [3.8, 4) is 0 Å². The zero-order chi connectivity index (χ0) is 15.8. The van der Waals surface area contributed by atoms with Crippen LogP contribution in [0.2, 0.25) is 0 Å². The summed E-state index contributed by atoms with van der Waals surface area (Å²) in [6.07, 6.45) is 0.825. The summed E-state index contributed by atoms with van der Waals surface area (Å²) < 4.78 is 43.4. The van der Waals surface area contributed by atoms with Gasteiger partial charge in [0, 0.05) is 25.6 Å².